The van der Waals surface area contributed by atoms with E-state index in [0.29, 0.717) is 11.1 Å². The molecule has 1 aliphatic rings. The molecule has 0 spiro atoms. The Morgan fingerprint density at radius 3 is 2.74 bits per heavy atom. The molecule has 4 nitrogen and oxygen atoms in total. The predicted octanol–water partition coefficient (Wildman–Crippen LogP) is 1.91. The van der Waals surface area contributed by atoms with Gasteiger partial charge in [-0.05, 0) is 30.2 Å². The van der Waals surface area contributed by atoms with Crippen LogP contribution in [-0.2, 0) is 15.6 Å². The number of carbonyl (C=O) groups is 1. The average molecular weight is 273 g/mol. The maximum atomic E-state index is 12.5. The van der Waals surface area contributed by atoms with Gasteiger partial charge in [0.2, 0.25) is 5.78 Å². The highest BCUT2D eigenvalue weighted by Gasteiger charge is 2.31. The summed E-state index contributed by atoms with van der Waals surface area (Å²) in [5.41, 5.74) is 1.60. The van der Waals surface area contributed by atoms with Crippen molar-refractivity contribution >= 4 is 15.6 Å². The molecule has 0 radical (unpaired) electrons. The van der Waals surface area contributed by atoms with Gasteiger partial charge in [-0.2, -0.15) is 0 Å². The van der Waals surface area contributed by atoms with E-state index in [1.54, 1.807) is 31.2 Å². The summed E-state index contributed by atoms with van der Waals surface area (Å²) in [6.07, 6.45) is 1.51. The molecule has 1 aromatic carbocycles. The molecule has 0 saturated carbocycles. The van der Waals surface area contributed by atoms with Gasteiger partial charge in [-0.3, -0.25) is 9.78 Å². The summed E-state index contributed by atoms with van der Waals surface area (Å²) in [6.45, 7) is 1.74. The Morgan fingerprint density at radius 2 is 1.95 bits per heavy atom. The fourth-order valence-corrected chi connectivity index (χ4v) is 4.00. The van der Waals surface area contributed by atoms with E-state index >= 15 is 0 Å². The Kier molecular flexibility index (Phi) is 2.53. The van der Waals surface area contributed by atoms with E-state index < -0.39 is 9.84 Å². The lowest BCUT2D eigenvalue weighted by molar-refractivity contribution is 0.103. The standard InChI is InChI=1S/C14H11NO3S/c1-9-4-2-6-11-12(9)14(16)13-10(5-3-7-15-13)8-19(11,17)18/h2-7H,8H2,1H3. The molecule has 1 aliphatic heterocycles. The zero-order valence-corrected chi connectivity index (χ0v) is 11.1. The second-order valence-electron chi connectivity index (χ2n) is 4.55. The second-order valence-corrected chi connectivity index (χ2v) is 6.51. The molecule has 0 aliphatic carbocycles. The lowest BCUT2D eigenvalue weighted by atomic mass is 10.0. The number of nitrogens with zero attached hydrogens (tertiary/aromatic N) is 1. The maximum absolute atomic E-state index is 12.5. The average Bonchev–Trinajstić information content (AvgIpc) is 2.45. The molecule has 1 aromatic heterocycles. The topological polar surface area (TPSA) is 64.1 Å². The fourth-order valence-electron chi connectivity index (χ4n) is 2.35. The molecule has 0 atom stereocenters. The van der Waals surface area contributed by atoms with Gasteiger partial charge in [0.1, 0.15) is 5.69 Å². The second kappa shape index (κ2) is 3.99. The van der Waals surface area contributed by atoms with Crippen molar-refractivity contribution in [2.24, 2.45) is 0 Å². The Morgan fingerprint density at radius 1 is 1.16 bits per heavy atom. The maximum Gasteiger partial charge on any atom is 0.213 e. The number of hydrogen-bond acceptors (Lipinski definition) is 4. The van der Waals surface area contributed by atoms with E-state index in [2.05, 4.69) is 4.98 Å². The number of benzene rings is 1. The molecule has 5 heteroatoms. The van der Waals surface area contributed by atoms with Crippen LogP contribution in [0.2, 0.25) is 0 Å². The van der Waals surface area contributed by atoms with Crippen molar-refractivity contribution < 1.29 is 13.2 Å². The van der Waals surface area contributed by atoms with E-state index in [1.165, 1.54) is 12.3 Å². The minimum Gasteiger partial charge on any atom is -0.287 e. The van der Waals surface area contributed by atoms with Gasteiger partial charge >= 0.3 is 0 Å². The molecule has 0 unspecified atom stereocenters. The van der Waals surface area contributed by atoms with E-state index in [-0.39, 0.29) is 27.7 Å². The number of pyridine rings is 1. The Hall–Kier alpha value is -2.01. The lowest BCUT2D eigenvalue weighted by Gasteiger charge is -2.07. The van der Waals surface area contributed by atoms with Gasteiger partial charge in [-0.15, -0.1) is 0 Å². The van der Waals surface area contributed by atoms with Gasteiger partial charge < -0.3 is 0 Å². The van der Waals surface area contributed by atoms with Gasteiger partial charge in [-0.25, -0.2) is 8.42 Å². The van der Waals surface area contributed by atoms with Gasteiger partial charge in [0, 0.05) is 11.8 Å². The largest absolute Gasteiger partial charge is 0.287 e. The first kappa shape index (κ1) is 12.0. The number of aryl methyl sites for hydroxylation is 1. The Balaban J connectivity index is 2.43. The van der Waals surface area contributed by atoms with Crippen molar-refractivity contribution in [3.8, 4) is 0 Å². The Bertz CT molecular complexity index is 794. The molecule has 0 bridgehead atoms. The van der Waals surface area contributed by atoms with Gasteiger partial charge in [0.05, 0.1) is 10.6 Å². The first-order chi connectivity index (χ1) is 9.00. The number of carbonyl (C=O) groups excluding carboxylic acids is 1. The smallest absolute Gasteiger partial charge is 0.213 e. The van der Waals surface area contributed by atoms with Gasteiger partial charge in [-0.1, -0.05) is 18.2 Å². The molecule has 0 amide bonds. The molecule has 19 heavy (non-hydrogen) atoms. The number of rotatable bonds is 0. The van der Waals surface area contributed by atoms with Crippen molar-refractivity contribution in [2.75, 3.05) is 0 Å². The van der Waals surface area contributed by atoms with Crippen molar-refractivity contribution in [1.82, 2.24) is 4.98 Å². The fraction of sp³-hybridized carbons (Fsp3) is 0.143. The molecular weight excluding hydrogens is 262 g/mol. The minimum absolute atomic E-state index is 0.107. The third-order valence-corrected chi connectivity index (χ3v) is 4.95. The summed E-state index contributed by atoms with van der Waals surface area (Å²) in [5, 5.41) is 0. The summed E-state index contributed by atoms with van der Waals surface area (Å²) in [6, 6.07) is 8.16. The van der Waals surface area contributed by atoms with E-state index in [9.17, 15) is 13.2 Å². The third kappa shape index (κ3) is 1.77. The lowest BCUT2D eigenvalue weighted by Crippen LogP contribution is -2.09. The van der Waals surface area contributed by atoms with Crippen LogP contribution in [0.4, 0.5) is 0 Å². The van der Waals surface area contributed by atoms with Crippen molar-refractivity contribution in [2.45, 2.75) is 17.6 Å². The van der Waals surface area contributed by atoms with Gasteiger partial charge in [0.25, 0.3) is 0 Å². The van der Waals surface area contributed by atoms with Crippen LogP contribution in [0.3, 0.4) is 0 Å². The monoisotopic (exact) mass is 273 g/mol. The minimum atomic E-state index is -3.51. The van der Waals surface area contributed by atoms with Crippen LogP contribution in [0.15, 0.2) is 41.4 Å². The summed E-state index contributed by atoms with van der Waals surface area (Å²) >= 11 is 0. The summed E-state index contributed by atoms with van der Waals surface area (Å²) in [4.78, 5) is 16.7. The van der Waals surface area contributed by atoms with Crippen LogP contribution in [0.1, 0.15) is 27.2 Å². The van der Waals surface area contributed by atoms with Crippen LogP contribution in [0, 0.1) is 6.92 Å². The highest BCUT2D eigenvalue weighted by atomic mass is 32.2. The zero-order chi connectivity index (χ0) is 13.6. The molecule has 2 heterocycles. The number of hydrogen-bond donors (Lipinski definition) is 0. The SMILES string of the molecule is Cc1cccc2c1C(=O)c1ncccc1CS2(=O)=O. The van der Waals surface area contributed by atoms with Crippen LogP contribution in [0.5, 0.6) is 0 Å². The van der Waals surface area contributed by atoms with Crippen LogP contribution >= 0.6 is 0 Å². The van der Waals surface area contributed by atoms with Crippen LogP contribution < -0.4 is 0 Å². The Labute approximate surface area is 111 Å². The molecule has 3 rings (SSSR count). The van der Waals surface area contributed by atoms with Crippen molar-refractivity contribution in [3.63, 3.8) is 0 Å². The van der Waals surface area contributed by atoms with Crippen molar-refractivity contribution in [3.05, 3.63) is 58.9 Å². The predicted molar refractivity (Wildman–Crippen MR) is 69.7 cm³/mol. The number of sulfone groups is 1. The van der Waals surface area contributed by atoms with Crippen LogP contribution in [0.25, 0.3) is 0 Å². The molecular formula is C14H11NO3S. The summed E-state index contributed by atoms with van der Waals surface area (Å²) in [7, 11) is -3.51. The highest BCUT2D eigenvalue weighted by molar-refractivity contribution is 7.90. The summed E-state index contributed by atoms with van der Waals surface area (Å²) in [5.74, 6) is -0.497. The third-order valence-electron chi connectivity index (χ3n) is 3.25. The van der Waals surface area contributed by atoms with Crippen LogP contribution in [-0.4, -0.2) is 19.2 Å². The molecule has 96 valence electrons. The summed E-state index contributed by atoms with van der Waals surface area (Å²) < 4.78 is 24.7. The van der Waals surface area contributed by atoms with Gasteiger partial charge in [0.15, 0.2) is 9.84 Å². The first-order valence-electron chi connectivity index (χ1n) is 5.81. The first-order valence-corrected chi connectivity index (χ1v) is 7.47. The number of ketones is 1. The molecule has 0 fully saturated rings. The number of aromatic nitrogens is 1. The van der Waals surface area contributed by atoms with E-state index in [1.807, 2.05) is 0 Å². The molecule has 0 saturated heterocycles. The van der Waals surface area contributed by atoms with E-state index in [0.717, 1.165) is 0 Å². The number of fused-ring (bicyclic) bond motifs is 2. The highest BCUT2D eigenvalue weighted by Crippen LogP contribution is 2.30. The quantitative estimate of drug-likeness (QED) is 0.735. The van der Waals surface area contributed by atoms with E-state index in [4.69, 9.17) is 0 Å². The normalized spacial score (nSPS) is 16.4. The van der Waals surface area contributed by atoms with Crippen molar-refractivity contribution in [1.29, 1.82) is 0 Å². The molecule has 0 N–H and O–H groups in total. The zero-order valence-electron chi connectivity index (χ0n) is 10.3. The molecule has 2 aromatic rings.